The van der Waals surface area contributed by atoms with Gasteiger partial charge in [0.2, 0.25) is 0 Å². The van der Waals surface area contributed by atoms with E-state index in [0.29, 0.717) is 6.61 Å². The smallest absolute Gasteiger partial charge is 0.122 e. The van der Waals surface area contributed by atoms with Gasteiger partial charge in [-0.2, -0.15) is 0 Å². The van der Waals surface area contributed by atoms with Crippen LogP contribution in [-0.2, 0) is 4.74 Å². The van der Waals surface area contributed by atoms with Gasteiger partial charge in [0.1, 0.15) is 12.4 Å². The van der Waals surface area contributed by atoms with Crippen LogP contribution in [0.2, 0.25) is 0 Å². The molecular formula is C15H25NO2. The predicted octanol–water partition coefficient (Wildman–Crippen LogP) is 2.70. The van der Waals surface area contributed by atoms with Crippen LogP contribution >= 0.6 is 0 Å². The van der Waals surface area contributed by atoms with Crippen molar-refractivity contribution in [3.05, 3.63) is 29.3 Å². The Balaban J connectivity index is 2.07. The predicted molar refractivity (Wildman–Crippen MR) is 75.4 cm³/mol. The molecule has 0 saturated heterocycles. The minimum absolute atomic E-state index is 0.707. The van der Waals surface area contributed by atoms with Gasteiger partial charge in [0.15, 0.2) is 0 Å². The molecule has 18 heavy (non-hydrogen) atoms. The molecular weight excluding hydrogens is 226 g/mol. The Hall–Kier alpha value is -1.06. The SMILES string of the molecule is CCOCCCNCCOc1ccc(C)cc1C. The lowest BCUT2D eigenvalue weighted by atomic mass is 10.1. The van der Waals surface area contributed by atoms with Crippen LogP contribution in [0.1, 0.15) is 24.5 Å². The molecule has 1 N–H and O–H groups in total. The largest absolute Gasteiger partial charge is 0.492 e. The van der Waals surface area contributed by atoms with Crippen molar-refractivity contribution >= 4 is 0 Å². The Labute approximate surface area is 110 Å². The molecule has 102 valence electrons. The Kier molecular flexibility index (Phi) is 7.46. The van der Waals surface area contributed by atoms with E-state index >= 15 is 0 Å². The van der Waals surface area contributed by atoms with E-state index in [4.69, 9.17) is 9.47 Å². The molecule has 0 amide bonds. The zero-order valence-corrected chi connectivity index (χ0v) is 11.8. The van der Waals surface area contributed by atoms with E-state index in [9.17, 15) is 0 Å². The highest BCUT2D eigenvalue weighted by molar-refractivity contribution is 5.35. The van der Waals surface area contributed by atoms with Crippen LogP contribution in [0, 0.1) is 13.8 Å². The lowest BCUT2D eigenvalue weighted by molar-refractivity contribution is 0.144. The van der Waals surface area contributed by atoms with Gasteiger partial charge in [-0.1, -0.05) is 17.7 Å². The molecule has 3 heteroatoms. The standard InChI is InChI=1S/C15H25NO2/c1-4-17-10-5-8-16-9-11-18-15-7-6-13(2)12-14(15)3/h6-7,12,16H,4-5,8-11H2,1-3H3. The van der Waals surface area contributed by atoms with Gasteiger partial charge in [0.25, 0.3) is 0 Å². The van der Waals surface area contributed by atoms with Gasteiger partial charge in [-0.25, -0.2) is 0 Å². The maximum atomic E-state index is 5.73. The molecule has 0 heterocycles. The van der Waals surface area contributed by atoms with Gasteiger partial charge in [-0.3, -0.25) is 0 Å². The molecule has 0 bridgehead atoms. The molecule has 0 aliphatic heterocycles. The van der Waals surface area contributed by atoms with Crippen molar-refractivity contribution in [2.45, 2.75) is 27.2 Å². The summed E-state index contributed by atoms with van der Waals surface area (Å²) in [6.45, 7) is 10.4. The van der Waals surface area contributed by atoms with E-state index in [1.807, 2.05) is 13.0 Å². The van der Waals surface area contributed by atoms with Crippen molar-refractivity contribution in [1.29, 1.82) is 0 Å². The molecule has 3 nitrogen and oxygen atoms in total. The summed E-state index contributed by atoms with van der Waals surface area (Å²) in [5, 5.41) is 3.34. The van der Waals surface area contributed by atoms with Crippen molar-refractivity contribution in [1.82, 2.24) is 5.32 Å². The number of aryl methyl sites for hydroxylation is 2. The molecule has 0 atom stereocenters. The fourth-order valence-electron chi connectivity index (χ4n) is 1.76. The maximum Gasteiger partial charge on any atom is 0.122 e. The van der Waals surface area contributed by atoms with Crippen LogP contribution in [0.5, 0.6) is 5.75 Å². The van der Waals surface area contributed by atoms with Gasteiger partial charge in [0, 0.05) is 19.8 Å². The molecule has 0 aromatic heterocycles. The van der Waals surface area contributed by atoms with Crippen LogP contribution in [0.15, 0.2) is 18.2 Å². The highest BCUT2D eigenvalue weighted by Crippen LogP contribution is 2.18. The van der Waals surface area contributed by atoms with Crippen molar-refractivity contribution in [2.24, 2.45) is 0 Å². The highest BCUT2D eigenvalue weighted by Gasteiger charge is 1.98. The molecule has 1 aromatic carbocycles. The van der Waals surface area contributed by atoms with Crippen molar-refractivity contribution in [2.75, 3.05) is 32.9 Å². The molecule has 1 aromatic rings. The van der Waals surface area contributed by atoms with Gasteiger partial charge in [0.05, 0.1) is 0 Å². The average molecular weight is 251 g/mol. The second-order valence-electron chi connectivity index (χ2n) is 4.42. The average Bonchev–Trinajstić information content (AvgIpc) is 2.35. The monoisotopic (exact) mass is 251 g/mol. The van der Waals surface area contributed by atoms with Gasteiger partial charge >= 0.3 is 0 Å². The molecule has 0 aliphatic rings. The first kappa shape index (κ1) is 15.0. The van der Waals surface area contributed by atoms with Crippen molar-refractivity contribution in [3.63, 3.8) is 0 Å². The lowest BCUT2D eigenvalue weighted by Crippen LogP contribution is -2.23. The Morgan fingerprint density at radius 3 is 2.67 bits per heavy atom. The van der Waals surface area contributed by atoms with Gasteiger partial charge in [-0.05, 0) is 45.4 Å². The number of benzene rings is 1. The summed E-state index contributed by atoms with van der Waals surface area (Å²) in [5.41, 5.74) is 2.47. The second-order valence-corrected chi connectivity index (χ2v) is 4.42. The fraction of sp³-hybridized carbons (Fsp3) is 0.600. The van der Waals surface area contributed by atoms with E-state index < -0.39 is 0 Å². The van der Waals surface area contributed by atoms with Gasteiger partial charge < -0.3 is 14.8 Å². The minimum atomic E-state index is 0.707. The molecule has 0 aliphatic carbocycles. The van der Waals surface area contributed by atoms with Crippen LogP contribution in [-0.4, -0.2) is 32.9 Å². The molecule has 0 spiro atoms. The zero-order valence-electron chi connectivity index (χ0n) is 11.8. The summed E-state index contributed by atoms with van der Waals surface area (Å²) in [6, 6.07) is 6.27. The number of hydrogen-bond donors (Lipinski definition) is 1. The minimum Gasteiger partial charge on any atom is -0.492 e. The fourth-order valence-corrected chi connectivity index (χ4v) is 1.76. The van der Waals surface area contributed by atoms with Crippen LogP contribution in [0.25, 0.3) is 0 Å². The number of rotatable bonds is 9. The van der Waals surface area contributed by atoms with E-state index in [0.717, 1.165) is 38.5 Å². The van der Waals surface area contributed by atoms with Crippen LogP contribution in [0.3, 0.4) is 0 Å². The summed E-state index contributed by atoms with van der Waals surface area (Å²) in [7, 11) is 0. The van der Waals surface area contributed by atoms with E-state index in [1.54, 1.807) is 0 Å². The normalized spacial score (nSPS) is 10.6. The first-order valence-electron chi connectivity index (χ1n) is 6.72. The molecule has 0 saturated carbocycles. The van der Waals surface area contributed by atoms with Crippen molar-refractivity contribution < 1.29 is 9.47 Å². The van der Waals surface area contributed by atoms with E-state index in [-0.39, 0.29) is 0 Å². The summed E-state index contributed by atoms with van der Waals surface area (Å²) in [6.07, 6.45) is 1.05. The highest BCUT2D eigenvalue weighted by atomic mass is 16.5. The molecule has 0 unspecified atom stereocenters. The first-order valence-corrected chi connectivity index (χ1v) is 6.72. The summed E-state index contributed by atoms with van der Waals surface area (Å²) in [5.74, 6) is 0.983. The van der Waals surface area contributed by atoms with Crippen molar-refractivity contribution in [3.8, 4) is 5.75 Å². The zero-order chi connectivity index (χ0) is 13.2. The van der Waals surface area contributed by atoms with E-state index in [1.165, 1.54) is 11.1 Å². The van der Waals surface area contributed by atoms with Gasteiger partial charge in [-0.15, -0.1) is 0 Å². The summed E-state index contributed by atoms with van der Waals surface area (Å²) in [4.78, 5) is 0. The quantitative estimate of drug-likeness (QED) is 0.685. The maximum absolute atomic E-state index is 5.73. The third-order valence-corrected chi connectivity index (χ3v) is 2.71. The van der Waals surface area contributed by atoms with E-state index in [2.05, 4.69) is 31.3 Å². The topological polar surface area (TPSA) is 30.5 Å². The Morgan fingerprint density at radius 2 is 1.94 bits per heavy atom. The van der Waals surface area contributed by atoms with Crippen LogP contribution < -0.4 is 10.1 Å². The third-order valence-electron chi connectivity index (χ3n) is 2.71. The number of nitrogens with one attached hydrogen (secondary N) is 1. The molecule has 0 radical (unpaired) electrons. The molecule has 1 rings (SSSR count). The second kappa shape index (κ2) is 8.95. The summed E-state index contributed by atoms with van der Waals surface area (Å²) >= 11 is 0. The molecule has 0 fully saturated rings. The number of hydrogen-bond acceptors (Lipinski definition) is 3. The number of ether oxygens (including phenoxy) is 2. The Bertz CT molecular complexity index is 339. The van der Waals surface area contributed by atoms with Crippen LogP contribution in [0.4, 0.5) is 0 Å². The first-order chi connectivity index (χ1) is 8.74. The Morgan fingerprint density at radius 1 is 1.11 bits per heavy atom. The lowest BCUT2D eigenvalue weighted by Gasteiger charge is -2.10. The summed E-state index contributed by atoms with van der Waals surface area (Å²) < 4.78 is 11.0. The third kappa shape index (κ3) is 6.03.